The van der Waals surface area contributed by atoms with E-state index in [1.54, 1.807) is 90.1 Å². The van der Waals surface area contributed by atoms with Crippen LogP contribution < -0.4 is 119 Å². The van der Waals surface area contributed by atoms with Crippen molar-refractivity contribution in [1.82, 2.24) is 60.4 Å². The average Bonchev–Trinajstić information content (AvgIpc) is 1.64. The van der Waals surface area contributed by atoms with E-state index in [9.17, 15) is 48.8 Å². The Kier molecular flexibility index (Phi) is 37.0. The maximum atomic E-state index is 11.7. The van der Waals surface area contributed by atoms with Gasteiger partial charge in [0, 0.05) is 57.7 Å². The molecule has 5 aromatic heterocycles. The van der Waals surface area contributed by atoms with Crippen LogP contribution in [0.25, 0.3) is 27.7 Å². The third kappa shape index (κ3) is 25.8. The SMILES string of the molecule is C.C.CCC(=Cc1sc2ccc(Cl)cc2[n+]1CS(=O)(=O)[O-])C=C1Sc2ccc(Cl)cc2N1CS(=O)(=O)O.CCN(CC)c1nc(NO)nc(NO)n1.O=C([O-])c1ccc(-n2nnnc2[S-])cc1.O=S(=O)([O-])c1cccc(-n2[nH]nnc2=S)c1.[Na+].[Na+].[Na+].c1ccncc1. The number of carboxylic acid groups (broad SMARTS) is 1. The molecule has 1 aliphatic heterocycles. The molecule has 4 aromatic carbocycles. The third-order valence-electron chi connectivity index (χ3n) is 11.1. The van der Waals surface area contributed by atoms with E-state index in [0.29, 0.717) is 55.0 Å². The van der Waals surface area contributed by atoms with Gasteiger partial charge in [-0.2, -0.15) is 33.2 Å². The second kappa shape index (κ2) is 39.9. The number of aromatic amines is 1. The molecule has 0 atom stereocenters. The van der Waals surface area contributed by atoms with Gasteiger partial charge in [0.25, 0.3) is 27.0 Å². The number of hydrogen-bond donors (Lipinski definition) is 6. The number of nitrogens with one attached hydrogen (secondary N) is 3. The van der Waals surface area contributed by atoms with Gasteiger partial charge in [-0.15, -0.1) is 5.10 Å². The Hall–Kier alpha value is -4.76. The third-order valence-corrected chi connectivity index (χ3v) is 16.3. The molecule has 0 spiro atoms. The number of anilines is 4. The number of hydrogen-bond acceptors (Lipinski definition) is 29. The van der Waals surface area contributed by atoms with E-state index in [1.807, 2.05) is 43.9 Å². The minimum absolute atomic E-state index is 0. The van der Waals surface area contributed by atoms with Crippen LogP contribution >= 0.6 is 58.5 Å². The van der Waals surface area contributed by atoms with Gasteiger partial charge in [-0.05, 0) is 133 Å². The molecule has 0 saturated heterocycles. The summed E-state index contributed by atoms with van der Waals surface area (Å²) in [6.07, 6.45) is 7.52. The molecule has 476 valence electrons. The van der Waals surface area contributed by atoms with Crippen LogP contribution in [0.4, 0.5) is 23.5 Å². The van der Waals surface area contributed by atoms with Crippen molar-refractivity contribution in [2.75, 3.05) is 39.7 Å². The van der Waals surface area contributed by atoms with Crippen molar-refractivity contribution in [1.29, 1.82) is 0 Å². The number of rotatable bonds is 16. The number of thiazole rings is 1. The minimum atomic E-state index is -4.60. The molecule has 30 nitrogen and oxygen atoms in total. The zero-order valence-corrected chi connectivity index (χ0v) is 61.2. The van der Waals surface area contributed by atoms with Gasteiger partial charge >= 0.3 is 88.7 Å². The van der Waals surface area contributed by atoms with Gasteiger partial charge in [-0.1, -0.05) is 103 Å². The Morgan fingerprint density at radius 2 is 1.45 bits per heavy atom. The molecule has 6 N–H and O–H groups in total. The van der Waals surface area contributed by atoms with Crippen molar-refractivity contribution in [3.63, 3.8) is 0 Å². The van der Waals surface area contributed by atoms with Gasteiger partial charge in [0.05, 0.1) is 33.0 Å². The van der Waals surface area contributed by atoms with Crippen molar-refractivity contribution in [2.45, 2.75) is 62.9 Å². The standard InChI is InChI=1S/C21H18Cl2N2O6S4.C8H6N4O2S.C7H14N6O2.C7H6N4O3S2.C5H5N.2CH4.3Na/c1-2-13(7-20-24(11-34(26,27)28)16-9-14(22)3-5-18(16)32-20)8-21-25(12-35(29,30)31)17-10-15(23)4-6-19(17)33-21;13-7(14)5-1-3-6(4-2-5)12-8(15)9-10-11-12;1-3-13(4-2)7-9-5(11-14)8-6(10-7)12-15;12-16(13,14)6-3-1-2-5(4-6)11-7(15)8-9-10-11;1-2-4-6-5-3-1;;;;;/h3-10H,2,11-12H2,1H3,(H-,26,27,28,29,30,31);1-4H,(H,13,14)(H,9,11,15);14-15H,3-4H2,1-2H3,(H2,8,9,10,11,12);1-4H,(H,8,10,15)(H,12,13,14);1-5H;2*1H4;;;/q;;;;;;;3*+1/p-3. The minimum Gasteiger partial charge on any atom is -0.744 e. The van der Waals surface area contributed by atoms with Crippen LogP contribution in [-0.4, -0.2) is 135 Å². The Bertz CT molecular complexity index is 4280. The number of carboxylic acids is 1. The number of carbonyl (C=O) groups is 1. The van der Waals surface area contributed by atoms with E-state index in [0.717, 1.165) is 28.3 Å². The molecule has 0 amide bonds. The van der Waals surface area contributed by atoms with Crippen molar-refractivity contribution in [3.05, 3.63) is 158 Å². The molecule has 92 heavy (non-hydrogen) atoms. The first-order valence-electron chi connectivity index (χ1n) is 24.4. The van der Waals surface area contributed by atoms with Crippen molar-refractivity contribution < 1.29 is 152 Å². The number of thioether (sulfide) groups is 1. The van der Waals surface area contributed by atoms with Crippen LogP contribution in [0.5, 0.6) is 0 Å². The smallest absolute Gasteiger partial charge is 0.744 e. The van der Waals surface area contributed by atoms with E-state index in [2.05, 4.69) is 51.0 Å². The molecule has 0 unspecified atom stereocenters. The number of pyridine rings is 1. The van der Waals surface area contributed by atoms with E-state index in [-0.39, 0.29) is 136 Å². The number of nitrogens with zero attached hydrogens (tertiary/aromatic N) is 14. The molecule has 9 aromatic rings. The maximum Gasteiger partial charge on any atom is 1.00 e. The zero-order chi connectivity index (χ0) is 63.6. The van der Waals surface area contributed by atoms with E-state index >= 15 is 0 Å². The molecular weight excluding hydrogens is 1410 g/mol. The fourth-order valence-corrected chi connectivity index (χ4v) is 12.0. The summed E-state index contributed by atoms with van der Waals surface area (Å²) in [4.78, 5) is 29.5. The average molecular weight is 1470 g/mol. The quantitative estimate of drug-likeness (QED) is 0.0151. The number of H-pyrrole nitrogens is 1. The second-order valence-corrected chi connectivity index (χ2v) is 24.8. The molecule has 10 rings (SSSR count). The zero-order valence-electron chi connectivity index (χ0n) is 48.0. The summed E-state index contributed by atoms with van der Waals surface area (Å²) in [6, 6.07) is 27.1. The molecule has 1 aliphatic rings. The Labute approximate surface area is 624 Å². The van der Waals surface area contributed by atoms with Crippen LogP contribution in [0.1, 0.15) is 57.4 Å². The van der Waals surface area contributed by atoms with Gasteiger partial charge in [0.1, 0.15) is 14.8 Å². The molecule has 42 heteroatoms. The van der Waals surface area contributed by atoms with Crippen LogP contribution in [0.3, 0.4) is 0 Å². The van der Waals surface area contributed by atoms with Crippen LogP contribution in [0.15, 0.2) is 147 Å². The van der Waals surface area contributed by atoms with E-state index in [4.69, 9.17) is 58.5 Å². The van der Waals surface area contributed by atoms with Gasteiger partial charge < -0.3 is 41.4 Å². The number of fused-ring (bicyclic) bond motifs is 2. The normalized spacial score (nSPS) is 11.8. The summed E-state index contributed by atoms with van der Waals surface area (Å²) in [7, 11) is -13.4. The Morgan fingerprint density at radius 1 is 0.826 bits per heavy atom. The number of aromatic nitrogens is 13. The summed E-state index contributed by atoms with van der Waals surface area (Å²) in [5.74, 6) is -2.32. The Balaban J connectivity index is 0.000000627. The summed E-state index contributed by atoms with van der Waals surface area (Å²) in [5.41, 5.74) is 6.49. The maximum absolute atomic E-state index is 11.7. The molecule has 0 fully saturated rings. The van der Waals surface area contributed by atoms with E-state index < -0.39 is 48.1 Å². The van der Waals surface area contributed by atoms with Gasteiger partial charge in [-0.25, -0.2) is 37.2 Å². The number of aromatic carboxylic acids is 1. The van der Waals surface area contributed by atoms with Crippen molar-refractivity contribution >= 4 is 147 Å². The number of benzene rings is 4. The molecule has 0 bridgehead atoms. The van der Waals surface area contributed by atoms with Crippen LogP contribution in [0, 0.1) is 4.77 Å². The summed E-state index contributed by atoms with van der Waals surface area (Å²) in [6.45, 7) is 7.22. The van der Waals surface area contributed by atoms with Crippen molar-refractivity contribution in [2.24, 2.45) is 0 Å². The van der Waals surface area contributed by atoms with Crippen molar-refractivity contribution in [3.8, 4) is 11.4 Å². The first-order valence-corrected chi connectivity index (χ1v) is 32.2. The van der Waals surface area contributed by atoms with E-state index in [1.165, 1.54) is 72.3 Å². The number of allylic oxidation sites excluding steroid dienone is 2. The van der Waals surface area contributed by atoms with Gasteiger partial charge in [0.2, 0.25) is 22.1 Å². The number of halogens is 2. The monoisotopic (exact) mass is 1460 g/mol. The summed E-state index contributed by atoms with van der Waals surface area (Å²) < 4.78 is 105. The summed E-state index contributed by atoms with van der Waals surface area (Å²) in [5, 5.41) is 49.9. The van der Waals surface area contributed by atoms with Gasteiger partial charge in [-0.3, -0.25) is 20.0 Å². The predicted molar refractivity (Wildman–Crippen MR) is 335 cm³/mol. The number of tetrazole rings is 2. The first-order chi connectivity index (χ1) is 41.2. The largest absolute Gasteiger partial charge is 1.00 e. The summed E-state index contributed by atoms with van der Waals surface area (Å²) >= 11 is 24.5. The first kappa shape index (κ1) is 85.3. The molecule has 6 heterocycles. The van der Waals surface area contributed by atoms with Crippen LogP contribution in [0.2, 0.25) is 10.0 Å². The molecule has 0 aliphatic carbocycles. The van der Waals surface area contributed by atoms with Crippen LogP contribution in [-0.2, 0) is 48.9 Å². The molecular formula is C50H54Cl2N17Na3O13S7. The van der Waals surface area contributed by atoms with Gasteiger partial charge in [0.15, 0.2) is 16.0 Å². The predicted octanol–water partition coefficient (Wildman–Crippen LogP) is -2.06. The second-order valence-electron chi connectivity index (χ2n) is 16.9. The fraction of sp³-hybridized carbons (Fsp3) is 0.200. The number of carbonyl (C=O) groups excluding carboxylic acids is 1. The topological polar surface area (TPSA) is 425 Å². The fourth-order valence-electron chi connectivity index (χ4n) is 7.16. The molecule has 0 radical (unpaired) electrons. The Morgan fingerprint density at radius 3 is 1.93 bits per heavy atom. The molecule has 0 saturated carbocycles.